The molecule has 0 aromatic heterocycles. The molecule has 0 bridgehead atoms. The van der Waals surface area contributed by atoms with Crippen molar-refractivity contribution in [2.75, 3.05) is 6.61 Å². The number of esters is 3. The van der Waals surface area contributed by atoms with Gasteiger partial charge in [-0.05, 0) is 0 Å². The molecule has 1 N–H and O–H groups in total. The molecule has 0 fully saturated rings. The molecular weight excluding hydrogens is 686 g/mol. The van der Waals surface area contributed by atoms with Gasteiger partial charge >= 0.3 is 241 Å². The van der Waals surface area contributed by atoms with E-state index in [2.05, 4.69) is 2.51 Å². The normalized spacial score (nSPS) is 11.7. The second-order valence-corrected chi connectivity index (χ2v) is 14.0. The quantitative estimate of drug-likeness (QED) is 0.0926. The fourth-order valence-electron chi connectivity index (χ4n) is 2.90. The van der Waals surface area contributed by atoms with E-state index in [1.165, 1.54) is 12.1 Å². The van der Waals surface area contributed by atoms with E-state index in [0.29, 0.717) is 11.1 Å². The van der Waals surface area contributed by atoms with E-state index in [4.69, 9.17) is 19.6 Å². The molecule has 3 rings (SSSR count). The Morgan fingerprint density at radius 1 is 0.756 bits per heavy atom. The maximum atomic E-state index is 13.2. The van der Waals surface area contributed by atoms with E-state index in [1.807, 2.05) is 0 Å². The summed E-state index contributed by atoms with van der Waals surface area (Å²) in [6.07, 6.45) is 0. The molecule has 10 nitrogen and oxygen atoms in total. The van der Waals surface area contributed by atoms with Crippen LogP contribution >= 0.6 is 20.2 Å². The molecule has 0 saturated heterocycles. The van der Waals surface area contributed by atoms with E-state index in [9.17, 15) is 36.0 Å². The van der Waals surface area contributed by atoms with Crippen LogP contribution in [0.25, 0.3) is 0 Å². The van der Waals surface area contributed by atoms with E-state index >= 15 is 0 Å². The third-order valence-corrected chi connectivity index (χ3v) is 11.6. The molecule has 41 heavy (non-hydrogen) atoms. The van der Waals surface area contributed by atoms with Gasteiger partial charge < -0.3 is 0 Å². The number of carbonyl (C=O) groups excluding carboxylic acids is 3. The average Bonchev–Trinajstić information content (AvgIpc) is 2.96. The van der Waals surface area contributed by atoms with Crippen LogP contribution in [0, 0.1) is 8.98 Å². The first-order chi connectivity index (χ1) is 19.4. The second kappa shape index (κ2) is 14.2. The van der Waals surface area contributed by atoms with Crippen molar-refractivity contribution < 1.29 is 52.7 Å². The monoisotopic (exact) mass is 707 g/mol. The molecule has 0 aliphatic heterocycles. The molecule has 0 aliphatic carbocycles. The van der Waals surface area contributed by atoms with E-state index < -0.39 is 73.2 Å². The van der Waals surface area contributed by atoms with Gasteiger partial charge in [0.05, 0.1) is 0 Å². The first-order valence-corrected chi connectivity index (χ1v) is 15.8. The Kier molecular flexibility index (Phi) is 11.0. The summed E-state index contributed by atoms with van der Waals surface area (Å²) in [6.45, 7) is -1.37. The molecule has 0 radical (unpaired) electrons. The Hall–Kier alpha value is -3.83. The molecule has 0 saturated carbocycles. The van der Waals surface area contributed by atoms with Gasteiger partial charge in [0.2, 0.25) is 0 Å². The van der Waals surface area contributed by atoms with Gasteiger partial charge in [0.25, 0.3) is 0 Å². The Morgan fingerprint density at radius 2 is 1.27 bits per heavy atom. The number of hydrogen-bond donors (Lipinski definition) is 1. The number of benzene rings is 3. The van der Waals surface area contributed by atoms with Gasteiger partial charge in [0.1, 0.15) is 0 Å². The van der Waals surface area contributed by atoms with Crippen LogP contribution in [0.3, 0.4) is 0 Å². The first-order valence-electron chi connectivity index (χ1n) is 11.4. The van der Waals surface area contributed by atoms with Gasteiger partial charge in [-0.2, -0.15) is 0 Å². The first kappa shape index (κ1) is 31.7. The SMILES string of the molecule is N=C(C(=O)OCc1ccccc1)I(OS(=O)(=O)C(F)(F)F)c1ccccc1C(=O)OCC(=O)OCc1ccccc1. The second-order valence-electron chi connectivity index (χ2n) is 7.79. The van der Waals surface area contributed by atoms with Crippen LogP contribution in [0.2, 0.25) is 0 Å². The summed E-state index contributed by atoms with van der Waals surface area (Å²) in [4.78, 5) is 37.4. The number of rotatable bonds is 12. The van der Waals surface area contributed by atoms with Crippen molar-refractivity contribution in [1.29, 1.82) is 5.41 Å². The van der Waals surface area contributed by atoms with E-state index in [1.54, 1.807) is 60.7 Å². The van der Waals surface area contributed by atoms with Crippen molar-refractivity contribution in [1.82, 2.24) is 0 Å². The van der Waals surface area contributed by atoms with Gasteiger partial charge in [0.15, 0.2) is 0 Å². The number of halogens is 4. The molecule has 0 heterocycles. The van der Waals surface area contributed by atoms with E-state index in [-0.39, 0.29) is 13.2 Å². The molecule has 0 amide bonds. The van der Waals surface area contributed by atoms with E-state index in [0.717, 1.165) is 12.1 Å². The predicted octanol–water partition coefficient (Wildman–Crippen LogP) is 4.76. The zero-order valence-corrected chi connectivity index (χ0v) is 23.8. The average molecular weight is 707 g/mol. The Morgan fingerprint density at radius 3 is 1.83 bits per heavy atom. The summed E-state index contributed by atoms with van der Waals surface area (Å²) in [5.74, 6) is -3.63. The van der Waals surface area contributed by atoms with Crippen molar-refractivity contribution in [3.05, 3.63) is 105 Å². The summed E-state index contributed by atoms with van der Waals surface area (Å²) < 4.78 is 81.0. The van der Waals surface area contributed by atoms with Crippen LogP contribution in [-0.2, 0) is 49.6 Å². The molecule has 0 unspecified atom stereocenters. The third kappa shape index (κ3) is 9.09. The zero-order chi connectivity index (χ0) is 30.0. The summed E-state index contributed by atoms with van der Waals surface area (Å²) >= 11 is -4.65. The summed E-state index contributed by atoms with van der Waals surface area (Å²) in [6, 6.07) is 21.3. The van der Waals surface area contributed by atoms with Crippen LogP contribution in [0.1, 0.15) is 21.5 Å². The molecule has 0 spiro atoms. The van der Waals surface area contributed by atoms with Crippen LogP contribution in [0.4, 0.5) is 13.2 Å². The van der Waals surface area contributed by atoms with Gasteiger partial charge in [-0.25, -0.2) is 0 Å². The fourth-order valence-corrected chi connectivity index (χ4v) is 9.02. The molecule has 15 heteroatoms. The maximum absolute atomic E-state index is 13.2. The molecular formula is C26H21F3INO9S. The summed E-state index contributed by atoms with van der Waals surface area (Å²) in [5, 5.41) is 8.20. The van der Waals surface area contributed by atoms with Gasteiger partial charge in [0, 0.05) is 0 Å². The Labute approximate surface area is 239 Å². The Bertz CT molecular complexity index is 1500. The molecule has 0 atom stereocenters. The van der Waals surface area contributed by atoms with Gasteiger partial charge in [-0.3, -0.25) is 0 Å². The Balaban J connectivity index is 1.80. The molecule has 3 aromatic carbocycles. The third-order valence-electron chi connectivity index (χ3n) is 4.84. The minimum absolute atomic E-state index is 0.116. The number of ether oxygens (including phenoxy) is 3. The van der Waals surface area contributed by atoms with Crippen LogP contribution < -0.4 is 0 Å². The van der Waals surface area contributed by atoms with Crippen molar-refractivity contribution in [3.63, 3.8) is 0 Å². The van der Waals surface area contributed by atoms with Gasteiger partial charge in [-0.15, -0.1) is 0 Å². The van der Waals surface area contributed by atoms with Crippen molar-refractivity contribution in [2.24, 2.45) is 0 Å². The minimum atomic E-state index is -6.30. The van der Waals surface area contributed by atoms with Crippen molar-refractivity contribution in [3.8, 4) is 0 Å². The fraction of sp³-hybridized carbons (Fsp3) is 0.154. The van der Waals surface area contributed by atoms with Crippen LogP contribution in [-0.4, -0.2) is 42.2 Å². The van der Waals surface area contributed by atoms with Gasteiger partial charge in [-0.1, -0.05) is 0 Å². The number of alkyl halides is 3. The van der Waals surface area contributed by atoms with Crippen LogP contribution in [0.15, 0.2) is 84.9 Å². The van der Waals surface area contributed by atoms with Crippen LogP contribution in [0.5, 0.6) is 0 Å². The standard InChI is InChI=1S/C26H21F3INO9S/c27-26(28,29)41(35,36)40-30(23(31)25(34)38-16-19-11-5-2-6-12-19)21-14-8-7-13-20(21)24(33)39-17-22(32)37-15-18-9-3-1-4-10-18/h1-14,31H,15-17H2. The predicted molar refractivity (Wildman–Crippen MR) is 146 cm³/mol. The topological polar surface area (TPSA) is 146 Å². The molecule has 3 aromatic rings. The number of carbonyl (C=O) groups is 3. The van der Waals surface area contributed by atoms with Crippen molar-refractivity contribution in [2.45, 2.75) is 18.7 Å². The number of hydrogen-bond acceptors (Lipinski definition) is 10. The molecule has 0 aliphatic rings. The summed E-state index contributed by atoms with van der Waals surface area (Å²) in [5.41, 5.74) is -5.24. The molecule has 218 valence electrons. The number of nitrogens with one attached hydrogen (secondary N) is 1. The zero-order valence-electron chi connectivity index (χ0n) is 20.8. The summed E-state index contributed by atoms with van der Waals surface area (Å²) in [7, 11) is -6.30. The van der Waals surface area contributed by atoms with Crippen molar-refractivity contribution >= 4 is 52.0 Å².